The predicted molar refractivity (Wildman–Crippen MR) is 145 cm³/mol. The largest absolute Gasteiger partial charge is 0.497 e. The number of H-pyrrole nitrogens is 1. The van der Waals surface area contributed by atoms with E-state index >= 15 is 0 Å². The van der Waals surface area contributed by atoms with Gasteiger partial charge in [0, 0.05) is 24.2 Å². The molecule has 1 atom stereocenters. The minimum absolute atomic E-state index is 0.164. The molecule has 2 aromatic heterocycles. The lowest BCUT2D eigenvalue weighted by atomic mass is 9.98. The summed E-state index contributed by atoms with van der Waals surface area (Å²) >= 11 is 0. The number of carbonyl (C=O) groups is 2. The monoisotopic (exact) mass is 513 g/mol. The van der Waals surface area contributed by atoms with E-state index in [1.807, 2.05) is 57.2 Å². The lowest BCUT2D eigenvalue weighted by molar-refractivity contribution is -0.139. The zero-order valence-corrected chi connectivity index (χ0v) is 21.8. The minimum Gasteiger partial charge on any atom is -0.497 e. The fourth-order valence-corrected chi connectivity index (χ4v) is 4.43. The van der Waals surface area contributed by atoms with Gasteiger partial charge in [-0.2, -0.15) is 0 Å². The van der Waals surface area contributed by atoms with Crippen molar-refractivity contribution in [1.29, 1.82) is 0 Å². The number of nitrogens with one attached hydrogen (secondary N) is 3. The zero-order valence-electron chi connectivity index (χ0n) is 21.8. The van der Waals surface area contributed by atoms with Crippen molar-refractivity contribution in [3.63, 3.8) is 0 Å². The van der Waals surface area contributed by atoms with Gasteiger partial charge in [-0.1, -0.05) is 42.0 Å². The second kappa shape index (κ2) is 11.6. The van der Waals surface area contributed by atoms with Gasteiger partial charge in [0.1, 0.15) is 23.4 Å². The summed E-state index contributed by atoms with van der Waals surface area (Å²) in [6.07, 6.45) is 3.58. The van der Waals surface area contributed by atoms with E-state index in [2.05, 4.69) is 25.6 Å². The van der Waals surface area contributed by atoms with Crippen LogP contribution in [0.25, 0.3) is 11.3 Å². The van der Waals surface area contributed by atoms with E-state index in [-0.39, 0.29) is 12.3 Å². The molecule has 9 heteroatoms. The molecular weight excluding hydrogens is 482 g/mol. The Morgan fingerprint density at radius 3 is 2.39 bits per heavy atom. The lowest BCUT2D eigenvalue weighted by Crippen LogP contribution is -2.42. The van der Waals surface area contributed by atoms with Gasteiger partial charge in [0.2, 0.25) is 0 Å². The molecule has 1 amide bonds. The summed E-state index contributed by atoms with van der Waals surface area (Å²) in [4.78, 5) is 36.8. The number of aromatic nitrogens is 3. The number of methoxy groups -OCH3 is 1. The average molecular weight is 514 g/mol. The van der Waals surface area contributed by atoms with Gasteiger partial charge in [-0.15, -0.1) is 0 Å². The van der Waals surface area contributed by atoms with Gasteiger partial charge in [0.05, 0.1) is 25.5 Å². The van der Waals surface area contributed by atoms with Crippen LogP contribution in [0.2, 0.25) is 0 Å². The lowest BCUT2D eigenvalue weighted by Gasteiger charge is -2.17. The average Bonchev–Trinajstić information content (AvgIpc) is 3.36. The quantitative estimate of drug-likeness (QED) is 0.247. The molecule has 0 bridgehead atoms. The number of aromatic amines is 1. The number of anilines is 1. The van der Waals surface area contributed by atoms with E-state index in [9.17, 15) is 14.7 Å². The van der Waals surface area contributed by atoms with Crippen LogP contribution < -0.4 is 15.4 Å². The van der Waals surface area contributed by atoms with Crippen molar-refractivity contribution in [1.82, 2.24) is 20.3 Å². The summed E-state index contributed by atoms with van der Waals surface area (Å²) in [5.74, 6) is 0.670. The third-order valence-electron chi connectivity index (χ3n) is 6.24. The van der Waals surface area contributed by atoms with E-state index in [4.69, 9.17) is 4.74 Å². The van der Waals surface area contributed by atoms with E-state index in [1.165, 1.54) is 0 Å². The molecule has 196 valence electrons. The van der Waals surface area contributed by atoms with Crippen molar-refractivity contribution in [2.45, 2.75) is 39.8 Å². The first-order chi connectivity index (χ1) is 18.2. The molecule has 2 heterocycles. The number of carboxylic acid groups (broad SMARTS) is 1. The number of pyridine rings is 1. The van der Waals surface area contributed by atoms with E-state index in [0.29, 0.717) is 23.7 Å². The number of carboxylic acids is 1. The molecular formula is C29H31N5O4. The summed E-state index contributed by atoms with van der Waals surface area (Å²) in [6.45, 7) is 6.14. The number of rotatable bonds is 10. The second-order valence-corrected chi connectivity index (χ2v) is 9.22. The summed E-state index contributed by atoms with van der Waals surface area (Å²) < 4.78 is 5.21. The Morgan fingerprint density at radius 2 is 1.74 bits per heavy atom. The number of amides is 1. The molecule has 0 aliphatic heterocycles. The first-order valence-electron chi connectivity index (χ1n) is 12.2. The number of hydrogen-bond donors (Lipinski definition) is 4. The number of aryl methyl sites for hydroxylation is 3. The van der Waals surface area contributed by atoms with Crippen molar-refractivity contribution < 1.29 is 19.4 Å². The molecule has 0 fully saturated rings. The highest BCUT2D eigenvalue weighted by Gasteiger charge is 2.23. The summed E-state index contributed by atoms with van der Waals surface area (Å²) in [5, 5.41) is 15.7. The highest BCUT2D eigenvalue weighted by molar-refractivity contribution is 5.99. The van der Waals surface area contributed by atoms with Gasteiger partial charge < -0.3 is 25.5 Å². The Hall–Kier alpha value is -4.66. The first-order valence-corrected chi connectivity index (χ1v) is 12.2. The van der Waals surface area contributed by atoms with Crippen LogP contribution in [-0.4, -0.2) is 45.1 Å². The van der Waals surface area contributed by atoms with Crippen molar-refractivity contribution in [3.8, 4) is 17.0 Å². The molecule has 0 saturated carbocycles. The molecule has 2 aromatic carbocycles. The SMILES string of the molecule is COc1ccnc(NCc2ncc(-c3ccc(CC(NC(=O)c4c(C)cc(C)cc4C)C(=O)O)cc3)[nH]2)c1. The van der Waals surface area contributed by atoms with Gasteiger partial charge >= 0.3 is 5.97 Å². The number of benzene rings is 2. The van der Waals surface area contributed by atoms with Gasteiger partial charge in [-0.05, 0) is 49.1 Å². The van der Waals surface area contributed by atoms with Crippen LogP contribution in [0.1, 0.15) is 38.4 Å². The third-order valence-corrected chi connectivity index (χ3v) is 6.24. The Morgan fingerprint density at radius 1 is 1.03 bits per heavy atom. The van der Waals surface area contributed by atoms with Gasteiger partial charge in [0.15, 0.2) is 0 Å². The van der Waals surface area contributed by atoms with Crippen LogP contribution in [0.4, 0.5) is 5.82 Å². The number of ether oxygens (including phenoxy) is 1. The maximum atomic E-state index is 12.9. The minimum atomic E-state index is -1.08. The van der Waals surface area contributed by atoms with Crippen molar-refractivity contribution in [2.24, 2.45) is 0 Å². The number of carbonyl (C=O) groups excluding carboxylic acids is 1. The molecule has 1 unspecified atom stereocenters. The van der Waals surface area contributed by atoms with Gasteiger partial charge in [-0.3, -0.25) is 4.79 Å². The maximum absolute atomic E-state index is 12.9. The van der Waals surface area contributed by atoms with Gasteiger partial charge in [-0.25, -0.2) is 14.8 Å². The summed E-state index contributed by atoms with van der Waals surface area (Å²) in [5.41, 5.74) is 5.76. The molecule has 4 aromatic rings. The summed E-state index contributed by atoms with van der Waals surface area (Å²) in [6, 6.07) is 13.9. The molecule has 0 aliphatic carbocycles. The van der Waals surface area contributed by atoms with Crippen LogP contribution in [0.5, 0.6) is 5.75 Å². The molecule has 4 N–H and O–H groups in total. The molecule has 4 rings (SSSR count). The smallest absolute Gasteiger partial charge is 0.326 e. The Balaban J connectivity index is 1.39. The van der Waals surface area contributed by atoms with E-state index in [0.717, 1.165) is 39.3 Å². The standard InChI is InChI=1S/C29H31N5O4/c1-17-11-18(2)27(19(3)12-17)28(35)34-23(29(36)37)13-20-5-7-21(8-6-20)24-15-31-26(33-24)16-32-25-14-22(38-4)9-10-30-25/h5-12,14-15,23H,13,16H2,1-4H3,(H,30,32)(H,31,33)(H,34,35)(H,36,37). The van der Waals surface area contributed by atoms with Crippen LogP contribution in [0.3, 0.4) is 0 Å². The van der Waals surface area contributed by atoms with Crippen LogP contribution in [0.15, 0.2) is 60.9 Å². The molecule has 0 aliphatic rings. The van der Waals surface area contributed by atoms with Crippen molar-refractivity contribution >= 4 is 17.7 Å². The van der Waals surface area contributed by atoms with Crippen LogP contribution in [-0.2, 0) is 17.8 Å². The number of aliphatic carboxylic acids is 1. The summed E-state index contributed by atoms with van der Waals surface area (Å²) in [7, 11) is 1.61. The number of imidazole rings is 1. The maximum Gasteiger partial charge on any atom is 0.326 e. The van der Waals surface area contributed by atoms with Gasteiger partial charge in [0.25, 0.3) is 5.91 Å². The second-order valence-electron chi connectivity index (χ2n) is 9.22. The predicted octanol–water partition coefficient (Wildman–Crippen LogP) is 4.44. The number of hydrogen-bond acceptors (Lipinski definition) is 6. The molecule has 38 heavy (non-hydrogen) atoms. The zero-order chi connectivity index (χ0) is 27.2. The fraction of sp³-hybridized carbons (Fsp3) is 0.241. The van der Waals surface area contributed by atoms with E-state index < -0.39 is 12.0 Å². The van der Waals surface area contributed by atoms with Crippen LogP contribution in [0, 0.1) is 20.8 Å². The molecule has 0 radical (unpaired) electrons. The Bertz CT molecular complexity index is 1420. The molecule has 0 spiro atoms. The highest BCUT2D eigenvalue weighted by Crippen LogP contribution is 2.20. The molecule has 0 saturated heterocycles. The van der Waals surface area contributed by atoms with E-state index in [1.54, 1.807) is 31.6 Å². The first kappa shape index (κ1) is 26.4. The Labute approximate surface area is 221 Å². The third kappa shape index (κ3) is 6.36. The fourth-order valence-electron chi connectivity index (χ4n) is 4.43. The number of nitrogens with zero attached hydrogens (tertiary/aromatic N) is 2. The normalized spacial score (nSPS) is 11.6. The van der Waals surface area contributed by atoms with Crippen LogP contribution >= 0.6 is 0 Å². The highest BCUT2D eigenvalue weighted by atomic mass is 16.5. The van der Waals surface area contributed by atoms with Crippen molar-refractivity contribution in [3.05, 3.63) is 94.6 Å². The Kier molecular flexibility index (Phi) is 8.06. The van der Waals surface area contributed by atoms with Crippen molar-refractivity contribution in [2.75, 3.05) is 12.4 Å². The molecule has 9 nitrogen and oxygen atoms in total. The topological polar surface area (TPSA) is 129 Å².